The molecule has 2 atom stereocenters. The minimum absolute atomic E-state index is 0.00366. The summed E-state index contributed by atoms with van der Waals surface area (Å²) in [7, 11) is 1.64. The van der Waals surface area contributed by atoms with Crippen LogP contribution in [0.25, 0.3) is 0 Å². The summed E-state index contributed by atoms with van der Waals surface area (Å²) in [6.45, 7) is 6.62. The molecule has 0 saturated carbocycles. The zero-order chi connectivity index (χ0) is 24.6. The molecule has 1 N–H and O–H groups in total. The molecule has 0 unspecified atom stereocenters. The first-order chi connectivity index (χ1) is 17.1. The highest BCUT2D eigenvalue weighted by Crippen LogP contribution is 2.40. The van der Waals surface area contributed by atoms with E-state index in [1.165, 1.54) is 31.5 Å². The monoisotopic (exact) mass is 477 g/mol. The predicted molar refractivity (Wildman–Crippen MR) is 138 cm³/mol. The Bertz CT molecular complexity index is 985. The van der Waals surface area contributed by atoms with Gasteiger partial charge in [-0.1, -0.05) is 55.8 Å². The Balaban J connectivity index is 1.46. The highest BCUT2D eigenvalue weighted by Gasteiger charge is 2.41. The van der Waals surface area contributed by atoms with Crippen LogP contribution in [0.5, 0.6) is 5.75 Å². The number of para-hydroxylation sites is 1. The molecule has 0 radical (unpaired) electrons. The Labute approximate surface area is 209 Å². The third kappa shape index (κ3) is 6.23. The van der Waals surface area contributed by atoms with Gasteiger partial charge < -0.3 is 15.0 Å². The summed E-state index contributed by atoms with van der Waals surface area (Å²) in [5.41, 5.74) is 3.31. The average molecular weight is 478 g/mol. The second-order valence-corrected chi connectivity index (χ2v) is 9.79. The molecule has 0 aromatic heterocycles. The minimum atomic E-state index is -0.318. The normalized spacial score (nSPS) is 20.7. The topological polar surface area (TPSA) is 61.9 Å². The van der Waals surface area contributed by atoms with Crippen LogP contribution in [-0.2, 0) is 22.7 Å². The Morgan fingerprint density at radius 2 is 1.77 bits per heavy atom. The lowest BCUT2D eigenvalue weighted by atomic mass is 9.83. The average Bonchev–Trinajstić information content (AvgIpc) is 3.40. The summed E-state index contributed by atoms with van der Waals surface area (Å²) >= 11 is 0. The molecule has 2 aromatic rings. The van der Waals surface area contributed by atoms with Crippen molar-refractivity contribution in [2.24, 2.45) is 5.92 Å². The highest BCUT2D eigenvalue weighted by atomic mass is 16.5. The molecule has 2 aliphatic rings. The molecule has 2 fully saturated rings. The lowest BCUT2D eigenvalue weighted by Crippen LogP contribution is -2.48. The zero-order valence-electron chi connectivity index (χ0n) is 21.2. The van der Waals surface area contributed by atoms with E-state index in [4.69, 9.17) is 4.74 Å². The number of methoxy groups -OCH3 is 1. The number of rotatable bonds is 10. The summed E-state index contributed by atoms with van der Waals surface area (Å²) in [4.78, 5) is 30.8. The first kappa shape index (κ1) is 25.2. The number of unbranched alkanes of at least 4 members (excludes halogenated alkanes) is 1. The summed E-state index contributed by atoms with van der Waals surface area (Å²) in [5.74, 6) is 0.526. The van der Waals surface area contributed by atoms with E-state index in [0.29, 0.717) is 25.9 Å². The van der Waals surface area contributed by atoms with E-state index in [1.807, 2.05) is 29.2 Å². The van der Waals surface area contributed by atoms with Crippen molar-refractivity contribution in [2.75, 3.05) is 26.7 Å². The Morgan fingerprint density at radius 1 is 1.06 bits per heavy atom. The SMILES string of the molecule is CCCCN1C(=O)CC[C@@H](C(=O)NCc2ccc(CN3CCCC3)cc2)[C@@H]1c1ccccc1OC. The molecule has 2 aromatic carbocycles. The van der Waals surface area contributed by atoms with Crippen LogP contribution in [0.4, 0.5) is 0 Å². The number of hydrogen-bond donors (Lipinski definition) is 1. The number of amides is 2. The number of benzene rings is 2. The van der Waals surface area contributed by atoms with E-state index >= 15 is 0 Å². The van der Waals surface area contributed by atoms with Gasteiger partial charge in [0.1, 0.15) is 5.75 Å². The van der Waals surface area contributed by atoms with Gasteiger partial charge in [-0.15, -0.1) is 0 Å². The fourth-order valence-corrected chi connectivity index (χ4v) is 5.40. The second-order valence-electron chi connectivity index (χ2n) is 9.79. The van der Waals surface area contributed by atoms with Crippen molar-refractivity contribution < 1.29 is 14.3 Å². The first-order valence-electron chi connectivity index (χ1n) is 13.1. The molecule has 4 rings (SSSR count). The molecule has 0 spiro atoms. The smallest absolute Gasteiger partial charge is 0.225 e. The number of piperidine rings is 1. The summed E-state index contributed by atoms with van der Waals surface area (Å²) in [6.07, 6.45) is 5.44. The molecular weight excluding hydrogens is 438 g/mol. The van der Waals surface area contributed by atoms with Crippen LogP contribution in [0.2, 0.25) is 0 Å². The second kappa shape index (κ2) is 12.2. The Kier molecular flexibility index (Phi) is 8.80. The van der Waals surface area contributed by atoms with Gasteiger partial charge in [0.2, 0.25) is 11.8 Å². The van der Waals surface area contributed by atoms with Gasteiger partial charge >= 0.3 is 0 Å². The quantitative estimate of drug-likeness (QED) is 0.539. The molecule has 2 heterocycles. The van der Waals surface area contributed by atoms with Crippen LogP contribution >= 0.6 is 0 Å². The molecule has 2 aliphatic heterocycles. The molecule has 2 saturated heterocycles. The summed E-state index contributed by atoms with van der Waals surface area (Å²) in [6, 6.07) is 16.0. The fraction of sp³-hybridized carbons (Fsp3) is 0.517. The first-order valence-corrected chi connectivity index (χ1v) is 13.1. The number of nitrogens with zero attached hydrogens (tertiary/aromatic N) is 2. The van der Waals surface area contributed by atoms with E-state index in [9.17, 15) is 9.59 Å². The van der Waals surface area contributed by atoms with Crippen LogP contribution in [-0.4, -0.2) is 48.4 Å². The molecule has 0 aliphatic carbocycles. The van der Waals surface area contributed by atoms with Gasteiger partial charge in [0.15, 0.2) is 0 Å². The van der Waals surface area contributed by atoms with Crippen molar-refractivity contribution in [1.29, 1.82) is 0 Å². The number of nitrogens with one attached hydrogen (secondary N) is 1. The van der Waals surface area contributed by atoms with Gasteiger partial charge in [-0.2, -0.15) is 0 Å². The molecule has 6 heteroatoms. The third-order valence-corrected chi connectivity index (χ3v) is 7.35. The Morgan fingerprint density at radius 3 is 2.49 bits per heavy atom. The number of carbonyl (C=O) groups is 2. The zero-order valence-corrected chi connectivity index (χ0v) is 21.2. The molecule has 188 valence electrons. The predicted octanol–water partition coefficient (Wildman–Crippen LogP) is 4.69. The van der Waals surface area contributed by atoms with Gasteiger partial charge in [-0.25, -0.2) is 0 Å². The molecule has 6 nitrogen and oxygen atoms in total. The summed E-state index contributed by atoms with van der Waals surface area (Å²) in [5, 5.41) is 3.16. The van der Waals surface area contributed by atoms with E-state index in [-0.39, 0.29) is 23.8 Å². The van der Waals surface area contributed by atoms with E-state index < -0.39 is 0 Å². The molecule has 0 bridgehead atoms. The minimum Gasteiger partial charge on any atom is -0.496 e. The van der Waals surface area contributed by atoms with Gasteiger partial charge in [-0.3, -0.25) is 14.5 Å². The number of likely N-dealkylation sites (tertiary alicyclic amines) is 2. The van der Waals surface area contributed by atoms with Crippen molar-refractivity contribution in [2.45, 2.75) is 64.6 Å². The molecule has 2 amide bonds. The van der Waals surface area contributed by atoms with Crippen LogP contribution < -0.4 is 10.1 Å². The van der Waals surface area contributed by atoms with E-state index in [0.717, 1.165) is 36.3 Å². The van der Waals surface area contributed by atoms with Crippen LogP contribution in [0.15, 0.2) is 48.5 Å². The standard InChI is InChI=1S/C29H39N3O3/c1-3-4-19-32-27(33)16-15-25(28(32)24-9-5-6-10-26(24)35-2)29(34)30-20-22-11-13-23(14-12-22)21-31-17-7-8-18-31/h5-6,9-14,25,28H,3-4,7-8,15-21H2,1-2H3,(H,30,34)/t25-,28+/m1/s1. The van der Waals surface area contributed by atoms with Crippen molar-refractivity contribution in [3.05, 3.63) is 65.2 Å². The van der Waals surface area contributed by atoms with Crippen LogP contribution in [0.3, 0.4) is 0 Å². The number of carbonyl (C=O) groups excluding carboxylic acids is 2. The number of hydrogen-bond acceptors (Lipinski definition) is 4. The number of ether oxygens (including phenoxy) is 1. The maximum atomic E-state index is 13.5. The lowest BCUT2D eigenvalue weighted by Gasteiger charge is -2.41. The maximum absolute atomic E-state index is 13.5. The maximum Gasteiger partial charge on any atom is 0.225 e. The van der Waals surface area contributed by atoms with Gasteiger partial charge in [0.25, 0.3) is 0 Å². The van der Waals surface area contributed by atoms with Gasteiger partial charge in [0, 0.05) is 31.6 Å². The van der Waals surface area contributed by atoms with Crippen LogP contribution in [0.1, 0.15) is 68.2 Å². The summed E-state index contributed by atoms with van der Waals surface area (Å²) < 4.78 is 5.63. The van der Waals surface area contributed by atoms with Crippen LogP contribution in [0, 0.1) is 5.92 Å². The van der Waals surface area contributed by atoms with Crippen molar-refractivity contribution >= 4 is 11.8 Å². The fourth-order valence-electron chi connectivity index (χ4n) is 5.40. The van der Waals surface area contributed by atoms with Gasteiger partial charge in [0.05, 0.1) is 19.1 Å². The van der Waals surface area contributed by atoms with Crippen molar-refractivity contribution in [1.82, 2.24) is 15.1 Å². The highest BCUT2D eigenvalue weighted by molar-refractivity contribution is 5.85. The van der Waals surface area contributed by atoms with Gasteiger partial charge in [-0.05, 0) is 56.0 Å². The van der Waals surface area contributed by atoms with E-state index in [2.05, 4.69) is 41.4 Å². The third-order valence-electron chi connectivity index (χ3n) is 7.35. The van der Waals surface area contributed by atoms with E-state index in [1.54, 1.807) is 7.11 Å². The lowest BCUT2D eigenvalue weighted by molar-refractivity contribution is -0.143. The van der Waals surface area contributed by atoms with Crippen molar-refractivity contribution in [3.8, 4) is 5.75 Å². The largest absolute Gasteiger partial charge is 0.496 e. The molecular formula is C29H39N3O3. The Hall–Kier alpha value is -2.86. The molecule has 35 heavy (non-hydrogen) atoms. The van der Waals surface area contributed by atoms with Crippen molar-refractivity contribution in [3.63, 3.8) is 0 Å².